The number of fused-ring (bicyclic) bond motifs is 1. The van der Waals surface area contributed by atoms with Gasteiger partial charge in [0.25, 0.3) is 0 Å². The third-order valence-corrected chi connectivity index (χ3v) is 6.10. The molecule has 0 N–H and O–H groups in total. The zero-order chi connectivity index (χ0) is 19.5. The Balaban J connectivity index is 1.48. The maximum absolute atomic E-state index is 13.1. The first-order valence-corrected chi connectivity index (χ1v) is 10.6. The first kappa shape index (κ1) is 18.9. The van der Waals surface area contributed by atoms with Crippen LogP contribution in [0.15, 0.2) is 47.5 Å². The molecule has 0 aromatic heterocycles. The van der Waals surface area contributed by atoms with E-state index >= 15 is 0 Å². The van der Waals surface area contributed by atoms with Gasteiger partial charge in [-0.3, -0.25) is 9.69 Å². The predicted molar refractivity (Wildman–Crippen MR) is 113 cm³/mol. The molecule has 0 spiro atoms. The molecule has 0 radical (unpaired) electrons. The van der Waals surface area contributed by atoms with E-state index in [2.05, 4.69) is 19.9 Å². The molecule has 1 saturated heterocycles. The maximum atomic E-state index is 13.1. The number of carbonyl (C=O) groups excluding carboxylic acids is 1. The van der Waals surface area contributed by atoms with E-state index in [1.165, 1.54) is 0 Å². The Kier molecular flexibility index (Phi) is 5.57. The van der Waals surface area contributed by atoms with Gasteiger partial charge < -0.3 is 9.47 Å². The summed E-state index contributed by atoms with van der Waals surface area (Å²) < 4.78 is 10.8. The summed E-state index contributed by atoms with van der Waals surface area (Å²) in [6.07, 6.45) is 2.05. The number of benzene rings is 2. The number of ether oxygens (including phenoxy) is 2. The molecule has 2 aromatic rings. The van der Waals surface area contributed by atoms with Gasteiger partial charge in [0.1, 0.15) is 0 Å². The van der Waals surface area contributed by atoms with E-state index in [9.17, 15) is 4.79 Å². The fourth-order valence-corrected chi connectivity index (χ4v) is 4.73. The molecule has 6 heteroatoms. The van der Waals surface area contributed by atoms with Crippen LogP contribution in [-0.4, -0.2) is 34.6 Å². The summed E-state index contributed by atoms with van der Waals surface area (Å²) in [5.74, 6) is 2.55. The number of aliphatic imine (C=N–C) groups is 1. The topological polar surface area (TPSA) is 51.1 Å². The van der Waals surface area contributed by atoms with Gasteiger partial charge in [0.2, 0.25) is 12.7 Å². The normalized spacial score (nSPS) is 19.4. The van der Waals surface area contributed by atoms with Crippen LogP contribution in [0, 0.1) is 6.92 Å². The average molecular weight is 397 g/mol. The van der Waals surface area contributed by atoms with Gasteiger partial charge in [-0.2, -0.15) is 0 Å². The number of aryl methyl sites for hydroxylation is 2. The molecule has 1 atom stereocenters. The molecule has 2 aliphatic heterocycles. The quantitative estimate of drug-likeness (QED) is 0.735. The van der Waals surface area contributed by atoms with Crippen LogP contribution in [0.3, 0.4) is 0 Å². The minimum absolute atomic E-state index is 0.126. The zero-order valence-electron chi connectivity index (χ0n) is 16.2. The molecule has 2 aliphatic rings. The van der Waals surface area contributed by atoms with Crippen molar-refractivity contribution >= 4 is 28.5 Å². The molecule has 2 heterocycles. The van der Waals surface area contributed by atoms with E-state index in [1.54, 1.807) is 11.8 Å². The van der Waals surface area contributed by atoms with E-state index in [0.717, 1.165) is 45.7 Å². The SMILES string of the molecule is CCC1CSC(=Nc2cccc(C)c2)N1C(=O)CCc1ccc2c(c1)OCO2. The second kappa shape index (κ2) is 8.27. The van der Waals surface area contributed by atoms with E-state index < -0.39 is 0 Å². The van der Waals surface area contributed by atoms with Crippen molar-refractivity contribution in [2.45, 2.75) is 39.2 Å². The van der Waals surface area contributed by atoms with Crippen molar-refractivity contribution in [2.75, 3.05) is 12.5 Å². The number of amides is 1. The predicted octanol–water partition coefficient (Wildman–Crippen LogP) is 4.70. The van der Waals surface area contributed by atoms with Crippen molar-refractivity contribution in [1.29, 1.82) is 0 Å². The molecule has 4 rings (SSSR count). The van der Waals surface area contributed by atoms with Crippen LogP contribution >= 0.6 is 11.8 Å². The number of rotatable bonds is 5. The summed E-state index contributed by atoms with van der Waals surface area (Å²) in [5, 5.41) is 0.813. The van der Waals surface area contributed by atoms with Gasteiger partial charge in [0.15, 0.2) is 16.7 Å². The lowest BCUT2D eigenvalue weighted by Gasteiger charge is -2.23. The van der Waals surface area contributed by atoms with E-state index in [0.29, 0.717) is 12.8 Å². The fourth-order valence-electron chi connectivity index (χ4n) is 3.44. The van der Waals surface area contributed by atoms with Crippen LogP contribution < -0.4 is 9.47 Å². The Morgan fingerprint density at radius 1 is 1.21 bits per heavy atom. The molecule has 1 amide bonds. The molecule has 2 aromatic carbocycles. The highest BCUT2D eigenvalue weighted by molar-refractivity contribution is 8.14. The zero-order valence-corrected chi connectivity index (χ0v) is 17.0. The molecule has 1 fully saturated rings. The third kappa shape index (κ3) is 4.02. The summed E-state index contributed by atoms with van der Waals surface area (Å²) in [4.78, 5) is 19.7. The van der Waals surface area contributed by atoms with Crippen LogP contribution in [0.4, 0.5) is 5.69 Å². The molecule has 0 bridgehead atoms. The Morgan fingerprint density at radius 3 is 2.89 bits per heavy atom. The largest absolute Gasteiger partial charge is 0.454 e. The van der Waals surface area contributed by atoms with Gasteiger partial charge >= 0.3 is 0 Å². The van der Waals surface area contributed by atoms with Gasteiger partial charge in [-0.1, -0.05) is 36.9 Å². The number of thioether (sulfide) groups is 1. The molecule has 5 nitrogen and oxygen atoms in total. The molecule has 1 unspecified atom stereocenters. The fraction of sp³-hybridized carbons (Fsp3) is 0.364. The monoisotopic (exact) mass is 396 g/mol. The first-order valence-electron chi connectivity index (χ1n) is 9.63. The molecule has 146 valence electrons. The van der Waals surface area contributed by atoms with Crippen LogP contribution in [-0.2, 0) is 11.2 Å². The standard InChI is InChI=1S/C22H24N2O3S/c1-3-18-13-28-22(23-17-6-4-5-15(2)11-17)24(18)21(25)10-8-16-7-9-19-20(12-16)27-14-26-19/h4-7,9,11-12,18H,3,8,10,13-14H2,1-2H3. The Morgan fingerprint density at radius 2 is 2.07 bits per heavy atom. The van der Waals surface area contributed by atoms with Gasteiger partial charge in [0, 0.05) is 18.2 Å². The van der Waals surface area contributed by atoms with Crippen molar-refractivity contribution in [2.24, 2.45) is 4.99 Å². The molecular formula is C22H24N2O3S. The number of nitrogens with zero attached hydrogens (tertiary/aromatic N) is 2. The second-order valence-corrected chi connectivity index (χ2v) is 8.04. The van der Waals surface area contributed by atoms with Crippen molar-refractivity contribution in [3.05, 3.63) is 53.6 Å². The van der Waals surface area contributed by atoms with Crippen molar-refractivity contribution in [1.82, 2.24) is 4.90 Å². The van der Waals surface area contributed by atoms with Crippen LogP contribution in [0.5, 0.6) is 11.5 Å². The minimum atomic E-state index is 0.126. The maximum Gasteiger partial charge on any atom is 0.231 e. The number of carbonyl (C=O) groups is 1. The summed E-state index contributed by atoms with van der Waals surface area (Å²) in [7, 11) is 0. The van der Waals surface area contributed by atoms with Crippen LogP contribution in [0.1, 0.15) is 30.9 Å². The minimum Gasteiger partial charge on any atom is -0.454 e. The number of hydrogen-bond acceptors (Lipinski definition) is 5. The summed E-state index contributed by atoms with van der Waals surface area (Å²) in [5.41, 5.74) is 3.14. The van der Waals surface area contributed by atoms with Gasteiger partial charge in [-0.25, -0.2) is 4.99 Å². The number of amidine groups is 1. The van der Waals surface area contributed by atoms with Gasteiger partial charge in [-0.15, -0.1) is 0 Å². The van der Waals surface area contributed by atoms with Crippen molar-refractivity contribution < 1.29 is 14.3 Å². The second-order valence-electron chi connectivity index (χ2n) is 7.06. The Bertz CT molecular complexity index is 912. The smallest absolute Gasteiger partial charge is 0.231 e. The molecular weight excluding hydrogens is 372 g/mol. The molecule has 28 heavy (non-hydrogen) atoms. The van der Waals surface area contributed by atoms with Crippen LogP contribution in [0.2, 0.25) is 0 Å². The molecule has 0 saturated carbocycles. The Hall–Kier alpha value is -2.47. The van der Waals surface area contributed by atoms with E-state index in [-0.39, 0.29) is 18.7 Å². The van der Waals surface area contributed by atoms with Crippen molar-refractivity contribution in [3.63, 3.8) is 0 Å². The molecule has 0 aliphatic carbocycles. The average Bonchev–Trinajstić information content (AvgIpc) is 3.32. The first-order chi connectivity index (χ1) is 13.6. The Labute approximate surface area is 169 Å². The lowest BCUT2D eigenvalue weighted by molar-refractivity contribution is -0.128. The van der Waals surface area contributed by atoms with E-state index in [4.69, 9.17) is 14.5 Å². The van der Waals surface area contributed by atoms with E-state index in [1.807, 2.05) is 41.3 Å². The number of hydrogen-bond donors (Lipinski definition) is 0. The van der Waals surface area contributed by atoms with Crippen molar-refractivity contribution in [3.8, 4) is 11.5 Å². The van der Waals surface area contributed by atoms with Gasteiger partial charge in [-0.05, 0) is 55.2 Å². The highest BCUT2D eigenvalue weighted by Gasteiger charge is 2.33. The third-order valence-electron chi connectivity index (χ3n) is 5.01. The lowest BCUT2D eigenvalue weighted by Crippen LogP contribution is -2.39. The highest BCUT2D eigenvalue weighted by atomic mass is 32.2. The summed E-state index contributed by atoms with van der Waals surface area (Å²) in [6, 6.07) is 14.2. The lowest BCUT2D eigenvalue weighted by atomic mass is 10.1. The summed E-state index contributed by atoms with van der Waals surface area (Å²) in [6.45, 7) is 4.44. The van der Waals surface area contributed by atoms with Crippen LogP contribution in [0.25, 0.3) is 0 Å². The van der Waals surface area contributed by atoms with Gasteiger partial charge in [0.05, 0.1) is 5.69 Å². The summed E-state index contributed by atoms with van der Waals surface area (Å²) >= 11 is 1.67. The highest BCUT2D eigenvalue weighted by Crippen LogP contribution is 2.33.